The molecule has 48 heavy (non-hydrogen) atoms. The first-order valence-electron chi connectivity index (χ1n) is 16.2. The number of fused-ring (bicyclic) bond motifs is 1. The number of thiazole rings is 1. The number of carbonyl (C=O) groups is 2. The maximum atomic E-state index is 11.8. The normalized spacial score (nSPS) is 12.1. The summed E-state index contributed by atoms with van der Waals surface area (Å²) in [6.45, 7) is 12.0. The SMILES string of the molecule is C=CC(=O)OC(C)C(=O)OCCCCCCCCOc1ccc(N=Nc2cc3sc(N=Nc4ccc(N(CC)CC)cc4)nc3s2)cc1. The minimum atomic E-state index is -0.926. The van der Waals surface area contributed by atoms with E-state index in [1.54, 1.807) is 0 Å². The van der Waals surface area contributed by atoms with Crippen LogP contribution >= 0.6 is 22.7 Å². The average molecular weight is 691 g/mol. The second-order valence-corrected chi connectivity index (χ2v) is 12.8. The van der Waals surface area contributed by atoms with Gasteiger partial charge in [-0.05, 0) is 88.2 Å². The van der Waals surface area contributed by atoms with E-state index in [9.17, 15) is 9.59 Å². The van der Waals surface area contributed by atoms with Gasteiger partial charge in [-0.3, -0.25) is 0 Å². The average Bonchev–Trinajstić information content (AvgIpc) is 3.67. The lowest BCUT2D eigenvalue weighted by molar-refractivity contribution is -0.163. The lowest BCUT2D eigenvalue weighted by atomic mass is 10.1. The fraction of sp³-hybridized carbons (Fsp3) is 0.400. The number of benzene rings is 2. The highest BCUT2D eigenvalue weighted by molar-refractivity contribution is 7.30. The third-order valence-corrected chi connectivity index (χ3v) is 9.17. The van der Waals surface area contributed by atoms with Gasteiger partial charge in [-0.2, -0.15) is 0 Å². The van der Waals surface area contributed by atoms with E-state index in [1.165, 1.54) is 35.3 Å². The van der Waals surface area contributed by atoms with Crippen LogP contribution in [0.25, 0.3) is 9.53 Å². The van der Waals surface area contributed by atoms with Crippen molar-refractivity contribution in [3.05, 3.63) is 67.3 Å². The number of azo groups is 2. The minimum Gasteiger partial charge on any atom is -0.494 e. The van der Waals surface area contributed by atoms with Gasteiger partial charge in [0.25, 0.3) is 0 Å². The molecule has 0 radical (unpaired) electrons. The standard InChI is InChI=1S/C35H42N6O5S2/c1-5-32(42)46-25(4)34(43)45-23-13-11-9-8-10-12-22-44-29-20-16-27(17-21-29)37-39-31-24-30-33(48-31)36-35(47-30)40-38-26-14-18-28(19-15-26)41(6-2)7-3/h5,14-21,24-25H,1,6-13,22-23H2,2-4H3. The summed E-state index contributed by atoms with van der Waals surface area (Å²) in [5.41, 5.74) is 2.71. The van der Waals surface area contributed by atoms with Crippen molar-refractivity contribution < 1.29 is 23.8 Å². The Morgan fingerprint density at radius 3 is 2.12 bits per heavy atom. The van der Waals surface area contributed by atoms with Crippen LogP contribution < -0.4 is 9.64 Å². The first-order chi connectivity index (χ1) is 23.4. The van der Waals surface area contributed by atoms with E-state index < -0.39 is 18.0 Å². The molecule has 0 saturated carbocycles. The van der Waals surface area contributed by atoms with Crippen molar-refractivity contribution in [2.45, 2.75) is 65.4 Å². The predicted octanol–water partition coefficient (Wildman–Crippen LogP) is 10.4. The summed E-state index contributed by atoms with van der Waals surface area (Å²) in [6, 6.07) is 17.6. The highest BCUT2D eigenvalue weighted by Gasteiger charge is 2.17. The number of ether oxygens (including phenoxy) is 3. The monoisotopic (exact) mass is 690 g/mol. The highest BCUT2D eigenvalue weighted by atomic mass is 32.1. The number of unbranched alkanes of at least 4 members (excludes halogenated alkanes) is 5. The number of hydrogen-bond acceptors (Lipinski definition) is 13. The van der Waals surface area contributed by atoms with Crippen LogP contribution in [0.3, 0.4) is 0 Å². The van der Waals surface area contributed by atoms with E-state index in [-0.39, 0.29) is 0 Å². The maximum absolute atomic E-state index is 11.8. The van der Waals surface area contributed by atoms with E-state index in [0.717, 1.165) is 89.3 Å². The predicted molar refractivity (Wildman–Crippen MR) is 192 cm³/mol. The van der Waals surface area contributed by atoms with E-state index in [0.29, 0.717) is 18.3 Å². The molecular formula is C35H42N6O5S2. The summed E-state index contributed by atoms with van der Waals surface area (Å²) in [4.78, 5) is 30.6. The summed E-state index contributed by atoms with van der Waals surface area (Å²) in [6.07, 6.45) is 5.98. The van der Waals surface area contributed by atoms with Gasteiger partial charge >= 0.3 is 11.9 Å². The molecule has 4 rings (SSSR count). The van der Waals surface area contributed by atoms with Crippen molar-refractivity contribution >= 4 is 71.3 Å². The van der Waals surface area contributed by atoms with Gasteiger partial charge in [0.1, 0.15) is 15.6 Å². The quantitative estimate of drug-likeness (QED) is 0.0391. The smallest absolute Gasteiger partial charge is 0.347 e. The van der Waals surface area contributed by atoms with Crippen molar-refractivity contribution in [1.82, 2.24) is 4.98 Å². The van der Waals surface area contributed by atoms with Gasteiger partial charge in [0.2, 0.25) is 5.13 Å². The molecule has 0 N–H and O–H groups in total. The van der Waals surface area contributed by atoms with Gasteiger partial charge in [0.15, 0.2) is 6.10 Å². The van der Waals surface area contributed by atoms with Crippen LogP contribution in [-0.4, -0.2) is 49.3 Å². The molecule has 11 nitrogen and oxygen atoms in total. The Kier molecular flexibility index (Phi) is 14.7. The summed E-state index contributed by atoms with van der Waals surface area (Å²) in [5.74, 6) is -0.383. The van der Waals surface area contributed by atoms with Crippen LogP contribution in [0.1, 0.15) is 59.3 Å². The molecule has 0 fully saturated rings. The van der Waals surface area contributed by atoms with Gasteiger partial charge in [0.05, 0.1) is 29.3 Å². The number of hydrogen-bond donors (Lipinski definition) is 0. The molecule has 0 aliphatic carbocycles. The van der Waals surface area contributed by atoms with Gasteiger partial charge in [-0.1, -0.05) is 54.9 Å². The summed E-state index contributed by atoms with van der Waals surface area (Å²) < 4.78 is 16.9. The highest BCUT2D eigenvalue weighted by Crippen LogP contribution is 2.39. The number of esters is 2. The Hall–Kier alpha value is -4.49. The van der Waals surface area contributed by atoms with Crippen molar-refractivity contribution in [1.29, 1.82) is 0 Å². The fourth-order valence-electron chi connectivity index (χ4n) is 4.60. The number of aromatic nitrogens is 1. The number of carbonyl (C=O) groups excluding carboxylic acids is 2. The molecule has 0 aliphatic heterocycles. The second kappa shape index (κ2) is 19.4. The first-order valence-corrected chi connectivity index (χ1v) is 17.8. The van der Waals surface area contributed by atoms with Crippen LogP contribution in [0.15, 0.2) is 87.7 Å². The van der Waals surface area contributed by atoms with Crippen LogP contribution in [0.5, 0.6) is 5.75 Å². The molecule has 0 spiro atoms. The molecule has 0 saturated heterocycles. The Bertz CT molecular complexity index is 1630. The molecule has 0 amide bonds. The largest absolute Gasteiger partial charge is 0.494 e. The molecule has 4 aromatic rings. The third-order valence-electron chi connectivity index (χ3n) is 7.24. The molecule has 0 aliphatic rings. The fourth-order valence-corrected chi connectivity index (χ4v) is 6.45. The molecule has 2 heterocycles. The molecule has 2 aromatic carbocycles. The van der Waals surface area contributed by atoms with E-state index >= 15 is 0 Å². The molecule has 1 atom stereocenters. The zero-order valence-electron chi connectivity index (χ0n) is 27.7. The van der Waals surface area contributed by atoms with Gasteiger partial charge in [-0.25, -0.2) is 14.6 Å². The molecule has 2 aromatic heterocycles. The molecule has 13 heteroatoms. The van der Waals surface area contributed by atoms with Gasteiger partial charge < -0.3 is 19.1 Å². The lowest BCUT2D eigenvalue weighted by Crippen LogP contribution is -2.25. The summed E-state index contributed by atoms with van der Waals surface area (Å²) >= 11 is 2.95. The number of rotatable bonds is 20. The number of anilines is 1. The Labute approximate surface area is 289 Å². The van der Waals surface area contributed by atoms with Crippen molar-refractivity contribution in [2.75, 3.05) is 31.2 Å². The number of nitrogens with zero attached hydrogens (tertiary/aromatic N) is 6. The van der Waals surface area contributed by atoms with Crippen molar-refractivity contribution in [3.63, 3.8) is 0 Å². The van der Waals surface area contributed by atoms with E-state index in [2.05, 4.69) is 62.9 Å². The van der Waals surface area contributed by atoms with Crippen molar-refractivity contribution in [3.8, 4) is 5.75 Å². The Balaban J connectivity index is 1.10. The van der Waals surface area contributed by atoms with Crippen LogP contribution in [-0.2, 0) is 19.1 Å². The van der Waals surface area contributed by atoms with Crippen LogP contribution in [0, 0.1) is 0 Å². The summed E-state index contributed by atoms with van der Waals surface area (Å²) in [5, 5.41) is 18.8. The minimum absolute atomic E-state index is 0.318. The first kappa shape index (κ1) is 36.3. The third kappa shape index (κ3) is 11.6. The lowest BCUT2D eigenvalue weighted by Gasteiger charge is -2.20. The zero-order chi connectivity index (χ0) is 34.1. The molecule has 1 unspecified atom stereocenters. The van der Waals surface area contributed by atoms with E-state index in [1.807, 2.05) is 42.5 Å². The maximum Gasteiger partial charge on any atom is 0.347 e. The Morgan fingerprint density at radius 1 is 0.854 bits per heavy atom. The van der Waals surface area contributed by atoms with E-state index in [4.69, 9.17) is 14.2 Å². The molecular weight excluding hydrogens is 649 g/mol. The second-order valence-electron chi connectivity index (χ2n) is 10.8. The number of thiophene rings is 1. The molecule has 0 bridgehead atoms. The van der Waals surface area contributed by atoms with Crippen molar-refractivity contribution in [2.24, 2.45) is 20.5 Å². The summed E-state index contributed by atoms with van der Waals surface area (Å²) in [7, 11) is 0. The van der Waals surface area contributed by atoms with Crippen LogP contribution in [0.4, 0.5) is 27.2 Å². The van der Waals surface area contributed by atoms with Gasteiger partial charge in [0, 0.05) is 24.9 Å². The topological polar surface area (TPSA) is 127 Å². The van der Waals surface area contributed by atoms with Gasteiger partial charge in [-0.15, -0.1) is 20.5 Å². The molecule has 254 valence electrons. The Morgan fingerprint density at radius 2 is 1.48 bits per heavy atom. The van der Waals surface area contributed by atoms with Crippen LogP contribution in [0.2, 0.25) is 0 Å². The zero-order valence-corrected chi connectivity index (χ0v) is 29.3.